The number of hydrogen-bond acceptors (Lipinski definition) is 3. The van der Waals surface area contributed by atoms with Crippen molar-refractivity contribution in [1.29, 1.82) is 0 Å². The van der Waals surface area contributed by atoms with Gasteiger partial charge in [-0.05, 0) is 12.8 Å². The van der Waals surface area contributed by atoms with E-state index in [1.165, 1.54) is 32.1 Å². The highest BCUT2D eigenvalue weighted by Gasteiger charge is 2.22. The van der Waals surface area contributed by atoms with Gasteiger partial charge in [0.15, 0.2) is 0 Å². The number of nitrogens with zero attached hydrogens (tertiary/aromatic N) is 2. The first-order valence-corrected chi connectivity index (χ1v) is 6.29. The van der Waals surface area contributed by atoms with Crippen LogP contribution in [0.2, 0.25) is 0 Å². The predicted molar refractivity (Wildman–Crippen MR) is 66.2 cm³/mol. The van der Waals surface area contributed by atoms with Crippen molar-refractivity contribution in [2.24, 2.45) is 5.73 Å². The van der Waals surface area contributed by atoms with Crippen LogP contribution in [0.5, 0.6) is 0 Å². The second kappa shape index (κ2) is 6.86. The van der Waals surface area contributed by atoms with Crippen LogP contribution in [0.1, 0.15) is 32.1 Å². The highest BCUT2D eigenvalue weighted by atomic mass is 16.2. The van der Waals surface area contributed by atoms with Crippen LogP contribution >= 0.6 is 0 Å². The van der Waals surface area contributed by atoms with Gasteiger partial charge in [0, 0.05) is 33.2 Å². The molecule has 0 aromatic rings. The molecule has 1 fully saturated rings. The second-order valence-electron chi connectivity index (χ2n) is 4.84. The fraction of sp³-hybridized carbons (Fsp3) is 0.917. The molecule has 94 valence electrons. The van der Waals surface area contributed by atoms with Gasteiger partial charge in [0.25, 0.3) is 0 Å². The van der Waals surface area contributed by atoms with E-state index in [-0.39, 0.29) is 5.91 Å². The van der Waals surface area contributed by atoms with Gasteiger partial charge in [-0.15, -0.1) is 0 Å². The molecule has 0 aromatic carbocycles. The molecule has 16 heavy (non-hydrogen) atoms. The minimum Gasteiger partial charge on any atom is -0.348 e. The summed E-state index contributed by atoms with van der Waals surface area (Å²) < 4.78 is 0. The number of likely N-dealkylation sites (N-methyl/N-ethyl adjacent to an activating group) is 1. The summed E-state index contributed by atoms with van der Waals surface area (Å²) in [6.45, 7) is 2.00. The van der Waals surface area contributed by atoms with Gasteiger partial charge in [0.05, 0.1) is 6.54 Å². The van der Waals surface area contributed by atoms with Crippen LogP contribution in [0.25, 0.3) is 0 Å². The van der Waals surface area contributed by atoms with Crippen LogP contribution in [-0.2, 0) is 4.79 Å². The molecule has 4 heteroatoms. The molecule has 1 aliphatic carbocycles. The summed E-state index contributed by atoms with van der Waals surface area (Å²) in [5, 5.41) is 0. The van der Waals surface area contributed by atoms with E-state index in [0.717, 1.165) is 6.54 Å². The smallest absolute Gasteiger partial charge is 0.236 e. The van der Waals surface area contributed by atoms with E-state index in [2.05, 4.69) is 4.90 Å². The van der Waals surface area contributed by atoms with E-state index >= 15 is 0 Å². The number of carbonyl (C=O) groups is 1. The molecule has 0 radical (unpaired) electrons. The molecule has 0 unspecified atom stereocenters. The summed E-state index contributed by atoms with van der Waals surface area (Å²) in [6.07, 6.45) is 6.37. The number of hydrogen-bond donors (Lipinski definition) is 1. The molecule has 0 aromatic heterocycles. The zero-order valence-electron chi connectivity index (χ0n) is 10.6. The lowest BCUT2D eigenvalue weighted by Crippen LogP contribution is -2.45. The van der Waals surface area contributed by atoms with Crippen molar-refractivity contribution in [3.63, 3.8) is 0 Å². The predicted octanol–water partition coefficient (Wildman–Crippen LogP) is 0.668. The Morgan fingerprint density at radius 3 is 2.38 bits per heavy atom. The van der Waals surface area contributed by atoms with E-state index in [1.54, 1.807) is 4.90 Å². The molecule has 0 saturated heterocycles. The molecule has 0 bridgehead atoms. The molecular weight excluding hydrogens is 202 g/mol. The number of rotatable bonds is 5. The molecular formula is C12H25N3O. The van der Waals surface area contributed by atoms with Crippen molar-refractivity contribution in [3.8, 4) is 0 Å². The zero-order valence-corrected chi connectivity index (χ0v) is 10.6. The van der Waals surface area contributed by atoms with Crippen molar-refractivity contribution >= 4 is 5.91 Å². The third kappa shape index (κ3) is 4.10. The molecule has 0 atom stereocenters. The maximum atomic E-state index is 11.7. The van der Waals surface area contributed by atoms with Gasteiger partial charge in [-0.2, -0.15) is 0 Å². The number of amides is 1. The van der Waals surface area contributed by atoms with Gasteiger partial charge in [0.1, 0.15) is 0 Å². The lowest BCUT2D eigenvalue weighted by Gasteiger charge is -2.34. The summed E-state index contributed by atoms with van der Waals surface area (Å²) in [6, 6.07) is 0.571. The van der Waals surface area contributed by atoms with Crippen LogP contribution in [0.4, 0.5) is 0 Å². The second-order valence-corrected chi connectivity index (χ2v) is 4.84. The number of nitrogens with two attached hydrogens (primary N) is 1. The van der Waals surface area contributed by atoms with Gasteiger partial charge in [-0.1, -0.05) is 19.3 Å². The van der Waals surface area contributed by atoms with E-state index in [1.807, 2.05) is 14.1 Å². The van der Waals surface area contributed by atoms with Gasteiger partial charge in [0.2, 0.25) is 5.91 Å². The Bertz CT molecular complexity index is 212. The van der Waals surface area contributed by atoms with Crippen LogP contribution in [0.15, 0.2) is 0 Å². The van der Waals surface area contributed by atoms with Crippen molar-refractivity contribution in [2.75, 3.05) is 33.7 Å². The van der Waals surface area contributed by atoms with Gasteiger partial charge in [-0.3, -0.25) is 9.69 Å². The van der Waals surface area contributed by atoms with Gasteiger partial charge < -0.3 is 10.6 Å². The summed E-state index contributed by atoms with van der Waals surface area (Å²) in [7, 11) is 3.62. The first-order chi connectivity index (χ1) is 7.65. The first kappa shape index (κ1) is 13.5. The lowest BCUT2D eigenvalue weighted by atomic mass is 9.94. The Morgan fingerprint density at radius 2 is 1.88 bits per heavy atom. The van der Waals surface area contributed by atoms with Gasteiger partial charge >= 0.3 is 0 Å². The fourth-order valence-electron chi connectivity index (χ4n) is 2.32. The van der Waals surface area contributed by atoms with Crippen LogP contribution in [-0.4, -0.2) is 55.5 Å². The van der Waals surface area contributed by atoms with Gasteiger partial charge in [-0.25, -0.2) is 0 Å². The Labute approximate surface area is 98.8 Å². The molecule has 1 amide bonds. The van der Waals surface area contributed by atoms with Crippen molar-refractivity contribution in [3.05, 3.63) is 0 Å². The highest BCUT2D eigenvalue weighted by Crippen LogP contribution is 2.22. The summed E-state index contributed by atoms with van der Waals surface area (Å²) in [5.41, 5.74) is 5.62. The first-order valence-electron chi connectivity index (χ1n) is 6.29. The quantitative estimate of drug-likeness (QED) is 0.751. The molecule has 2 N–H and O–H groups in total. The Hall–Kier alpha value is -0.610. The van der Waals surface area contributed by atoms with Crippen LogP contribution in [0.3, 0.4) is 0 Å². The molecule has 0 heterocycles. The largest absolute Gasteiger partial charge is 0.348 e. The maximum absolute atomic E-state index is 11.7. The molecule has 1 saturated carbocycles. The highest BCUT2D eigenvalue weighted by molar-refractivity contribution is 5.77. The van der Waals surface area contributed by atoms with Crippen LogP contribution < -0.4 is 5.73 Å². The summed E-state index contributed by atoms with van der Waals surface area (Å²) in [5.74, 6) is 0.180. The SMILES string of the molecule is CN(C)C(=O)CN(CCN)C1CCCCC1. The van der Waals surface area contributed by atoms with E-state index in [9.17, 15) is 4.79 Å². The monoisotopic (exact) mass is 227 g/mol. The van der Waals surface area contributed by atoms with Crippen LogP contribution in [0, 0.1) is 0 Å². The molecule has 1 rings (SSSR count). The Kier molecular flexibility index (Phi) is 5.77. The summed E-state index contributed by atoms with van der Waals surface area (Å²) in [4.78, 5) is 15.6. The number of carbonyl (C=O) groups excluding carboxylic acids is 1. The fourth-order valence-corrected chi connectivity index (χ4v) is 2.32. The Balaban J connectivity index is 2.48. The average Bonchev–Trinajstić information content (AvgIpc) is 2.29. The maximum Gasteiger partial charge on any atom is 0.236 e. The van der Waals surface area contributed by atoms with Crippen molar-refractivity contribution < 1.29 is 4.79 Å². The normalized spacial score (nSPS) is 17.8. The minimum atomic E-state index is 0.180. The Morgan fingerprint density at radius 1 is 1.25 bits per heavy atom. The average molecular weight is 227 g/mol. The lowest BCUT2D eigenvalue weighted by molar-refractivity contribution is -0.130. The minimum absolute atomic E-state index is 0.180. The topological polar surface area (TPSA) is 49.6 Å². The van der Waals surface area contributed by atoms with E-state index in [4.69, 9.17) is 5.73 Å². The molecule has 1 aliphatic rings. The molecule has 4 nitrogen and oxygen atoms in total. The third-order valence-corrected chi connectivity index (χ3v) is 3.34. The van der Waals surface area contributed by atoms with E-state index in [0.29, 0.717) is 19.1 Å². The zero-order chi connectivity index (χ0) is 12.0. The molecule has 0 aliphatic heterocycles. The van der Waals surface area contributed by atoms with Crippen molar-refractivity contribution in [2.45, 2.75) is 38.1 Å². The van der Waals surface area contributed by atoms with Crippen molar-refractivity contribution in [1.82, 2.24) is 9.80 Å². The standard InChI is InChI=1S/C12H25N3O/c1-14(2)12(16)10-15(9-8-13)11-6-4-3-5-7-11/h11H,3-10,13H2,1-2H3. The molecule has 0 spiro atoms. The third-order valence-electron chi connectivity index (χ3n) is 3.34. The van der Waals surface area contributed by atoms with E-state index < -0.39 is 0 Å². The summed E-state index contributed by atoms with van der Waals surface area (Å²) >= 11 is 0.